The highest BCUT2D eigenvalue weighted by molar-refractivity contribution is 5.85. The second-order valence-corrected chi connectivity index (χ2v) is 7.32. The molecule has 0 saturated heterocycles. The van der Waals surface area contributed by atoms with Gasteiger partial charge in [-0.2, -0.15) is 0 Å². The first-order chi connectivity index (χ1) is 13.2. The minimum absolute atomic E-state index is 0.0880. The summed E-state index contributed by atoms with van der Waals surface area (Å²) < 4.78 is 10.6. The second-order valence-electron chi connectivity index (χ2n) is 7.32. The van der Waals surface area contributed by atoms with Crippen LogP contribution in [0.4, 0.5) is 4.79 Å². The van der Waals surface area contributed by atoms with Gasteiger partial charge < -0.3 is 19.7 Å². The first-order valence-electron chi connectivity index (χ1n) is 9.68. The van der Waals surface area contributed by atoms with Crippen molar-refractivity contribution in [1.82, 2.24) is 10.2 Å². The zero-order valence-electron chi connectivity index (χ0n) is 17.5. The number of rotatable bonds is 9. The van der Waals surface area contributed by atoms with E-state index in [1.807, 2.05) is 19.9 Å². The van der Waals surface area contributed by atoms with Crippen molar-refractivity contribution >= 4 is 18.0 Å². The topological polar surface area (TPSA) is 84.9 Å². The number of hydrogen-bond acceptors (Lipinski definition) is 5. The van der Waals surface area contributed by atoms with Crippen molar-refractivity contribution in [3.63, 3.8) is 0 Å². The third-order valence-electron chi connectivity index (χ3n) is 3.88. The molecule has 0 aromatic heterocycles. The van der Waals surface area contributed by atoms with Gasteiger partial charge in [-0.15, -0.1) is 0 Å². The highest BCUT2D eigenvalue weighted by atomic mass is 16.6. The second kappa shape index (κ2) is 11.3. The van der Waals surface area contributed by atoms with E-state index in [0.717, 1.165) is 0 Å². The fraction of sp³-hybridized carbons (Fsp3) is 0.571. The number of nitrogens with zero attached hydrogens (tertiary/aromatic N) is 1. The molecule has 1 atom stereocenters. The van der Waals surface area contributed by atoms with Gasteiger partial charge in [0.25, 0.3) is 5.91 Å². The van der Waals surface area contributed by atoms with Crippen LogP contribution in [-0.4, -0.2) is 48.1 Å². The molecule has 7 heteroatoms. The molecular weight excluding hydrogens is 360 g/mol. The predicted octanol–water partition coefficient (Wildman–Crippen LogP) is 3.44. The van der Waals surface area contributed by atoms with Crippen LogP contribution in [0.25, 0.3) is 0 Å². The number of hydrogen-bond donors (Lipinski definition) is 1. The Bertz CT molecular complexity index is 636. The number of ether oxygens (including phenoxy) is 2. The van der Waals surface area contributed by atoms with E-state index in [4.69, 9.17) is 9.47 Å². The molecule has 0 aliphatic heterocycles. The molecule has 28 heavy (non-hydrogen) atoms. The fourth-order valence-corrected chi connectivity index (χ4v) is 2.52. The number of nitrogens with one attached hydrogen (secondary N) is 1. The zero-order chi connectivity index (χ0) is 21.2. The summed E-state index contributed by atoms with van der Waals surface area (Å²) in [7, 11) is 0. The maximum absolute atomic E-state index is 12.8. The van der Waals surface area contributed by atoms with Crippen LogP contribution >= 0.6 is 0 Å². The van der Waals surface area contributed by atoms with Crippen molar-refractivity contribution in [2.45, 2.75) is 59.2 Å². The largest absolute Gasteiger partial charge is 0.447 e. The Morgan fingerprint density at radius 3 is 2.21 bits per heavy atom. The summed E-state index contributed by atoms with van der Waals surface area (Å²) in [6.45, 7) is 10.5. The van der Waals surface area contributed by atoms with Crippen molar-refractivity contribution < 1.29 is 23.9 Å². The van der Waals surface area contributed by atoms with Crippen molar-refractivity contribution in [2.75, 3.05) is 19.6 Å². The van der Waals surface area contributed by atoms with Gasteiger partial charge in [-0.1, -0.05) is 30.3 Å². The van der Waals surface area contributed by atoms with Gasteiger partial charge in [-0.3, -0.25) is 9.59 Å². The zero-order valence-corrected chi connectivity index (χ0v) is 17.5. The third kappa shape index (κ3) is 8.41. The molecule has 1 N–H and O–H groups in total. The van der Waals surface area contributed by atoms with Gasteiger partial charge in [0.05, 0.1) is 0 Å². The van der Waals surface area contributed by atoms with Gasteiger partial charge in [0.15, 0.2) is 0 Å². The average molecular weight is 392 g/mol. The first-order valence-corrected chi connectivity index (χ1v) is 9.68. The van der Waals surface area contributed by atoms with Crippen LogP contribution in [-0.2, 0) is 19.1 Å². The summed E-state index contributed by atoms with van der Waals surface area (Å²) in [5, 5.41) is 2.59. The maximum atomic E-state index is 12.8. The molecular formula is C21H32N2O5. The monoisotopic (exact) mass is 392 g/mol. The van der Waals surface area contributed by atoms with Crippen molar-refractivity contribution in [2.24, 2.45) is 0 Å². The van der Waals surface area contributed by atoms with E-state index >= 15 is 0 Å². The lowest BCUT2D eigenvalue weighted by molar-refractivity contribution is -0.160. The van der Waals surface area contributed by atoms with E-state index in [0.29, 0.717) is 25.1 Å². The Labute approximate surface area is 167 Å². The van der Waals surface area contributed by atoms with Gasteiger partial charge >= 0.3 is 12.1 Å². The molecule has 0 unspecified atom stereocenters. The molecule has 2 amide bonds. The molecule has 7 nitrogen and oxygen atoms in total. The Morgan fingerprint density at radius 2 is 1.68 bits per heavy atom. The van der Waals surface area contributed by atoms with Crippen LogP contribution in [0, 0.1) is 0 Å². The smallest absolute Gasteiger partial charge is 0.407 e. The lowest BCUT2D eigenvalue weighted by atomic mass is 10.1. The number of likely N-dealkylation sites (N-methyl/N-ethyl adjacent to an activating group) is 1. The molecule has 1 rings (SSSR count). The average Bonchev–Trinajstić information content (AvgIpc) is 2.63. The Kier molecular flexibility index (Phi) is 9.48. The van der Waals surface area contributed by atoms with E-state index in [-0.39, 0.29) is 18.9 Å². The van der Waals surface area contributed by atoms with Crippen LogP contribution in [0.5, 0.6) is 0 Å². The number of amides is 2. The van der Waals surface area contributed by atoms with Crippen LogP contribution in [0.3, 0.4) is 0 Å². The molecule has 0 radical (unpaired) electrons. The summed E-state index contributed by atoms with van der Waals surface area (Å²) in [4.78, 5) is 38.3. The minimum Gasteiger partial charge on any atom is -0.447 e. The van der Waals surface area contributed by atoms with Gasteiger partial charge in [-0.05, 0) is 41.0 Å². The number of carbonyl (C=O) groups excluding carboxylic acids is 3. The summed E-state index contributed by atoms with van der Waals surface area (Å²) >= 11 is 0. The number of carbonyl (C=O) groups is 3. The van der Waals surface area contributed by atoms with Crippen LogP contribution < -0.4 is 5.32 Å². The quantitative estimate of drug-likeness (QED) is 0.514. The summed E-state index contributed by atoms with van der Waals surface area (Å²) in [6, 6.07) is 8.98. The Morgan fingerprint density at radius 1 is 1.07 bits per heavy atom. The van der Waals surface area contributed by atoms with Crippen molar-refractivity contribution in [1.29, 1.82) is 0 Å². The summed E-state index contributed by atoms with van der Waals surface area (Å²) in [5.41, 5.74) is 0.0658. The molecule has 0 bridgehead atoms. The van der Waals surface area contributed by atoms with E-state index in [9.17, 15) is 14.4 Å². The number of esters is 1. The predicted molar refractivity (Wildman–Crippen MR) is 107 cm³/mol. The standard InChI is InChI=1S/C21H32N2O5/c1-6-23(7-2)19(25)18(16-12-9-8-10-13-16)27-17(24)14-11-15-22-20(26)28-21(3,4)5/h8-10,12-13,18H,6-7,11,14-15H2,1-5H3,(H,22,26)/t18-/m1/s1. The maximum Gasteiger partial charge on any atom is 0.407 e. The molecule has 0 aliphatic carbocycles. The summed E-state index contributed by atoms with van der Waals surface area (Å²) in [6.07, 6.45) is -1.02. The molecule has 0 aliphatic rings. The molecule has 1 aromatic carbocycles. The molecule has 0 fully saturated rings. The highest BCUT2D eigenvalue weighted by Crippen LogP contribution is 2.21. The third-order valence-corrected chi connectivity index (χ3v) is 3.88. The highest BCUT2D eigenvalue weighted by Gasteiger charge is 2.28. The first kappa shape index (κ1) is 23.5. The molecule has 0 heterocycles. The summed E-state index contributed by atoms with van der Waals surface area (Å²) in [5.74, 6) is -0.725. The molecule has 0 spiro atoms. The van der Waals surface area contributed by atoms with E-state index in [1.54, 1.807) is 49.9 Å². The normalized spacial score (nSPS) is 12.0. The number of alkyl carbamates (subject to hydrolysis) is 1. The van der Waals surface area contributed by atoms with E-state index < -0.39 is 23.8 Å². The van der Waals surface area contributed by atoms with Gasteiger partial charge in [0, 0.05) is 31.6 Å². The van der Waals surface area contributed by atoms with Gasteiger partial charge in [0.1, 0.15) is 5.60 Å². The van der Waals surface area contributed by atoms with Crippen LogP contribution in [0.15, 0.2) is 30.3 Å². The van der Waals surface area contributed by atoms with Crippen molar-refractivity contribution in [3.8, 4) is 0 Å². The van der Waals surface area contributed by atoms with Gasteiger partial charge in [0.2, 0.25) is 6.10 Å². The van der Waals surface area contributed by atoms with Crippen molar-refractivity contribution in [3.05, 3.63) is 35.9 Å². The lowest BCUT2D eigenvalue weighted by Gasteiger charge is -2.25. The molecule has 156 valence electrons. The van der Waals surface area contributed by atoms with Crippen LogP contribution in [0.2, 0.25) is 0 Å². The SMILES string of the molecule is CCN(CC)C(=O)[C@H](OC(=O)CCCNC(=O)OC(C)(C)C)c1ccccc1. The lowest BCUT2D eigenvalue weighted by Crippen LogP contribution is -2.37. The number of benzene rings is 1. The van der Waals surface area contributed by atoms with E-state index in [1.165, 1.54) is 0 Å². The fourth-order valence-electron chi connectivity index (χ4n) is 2.52. The Hall–Kier alpha value is -2.57. The minimum atomic E-state index is -0.965. The van der Waals surface area contributed by atoms with Crippen LogP contribution in [0.1, 0.15) is 59.1 Å². The Balaban J connectivity index is 2.60. The van der Waals surface area contributed by atoms with Gasteiger partial charge in [-0.25, -0.2) is 4.79 Å². The van der Waals surface area contributed by atoms with E-state index in [2.05, 4.69) is 5.32 Å². The molecule has 0 saturated carbocycles. The molecule has 1 aromatic rings.